The molecule has 1 atom stereocenters. The van der Waals surface area contributed by atoms with Gasteiger partial charge in [-0.15, -0.1) is 12.4 Å². The predicted octanol–water partition coefficient (Wildman–Crippen LogP) is 4.04. The Labute approximate surface area is 132 Å². The number of benzene rings is 1. The van der Waals surface area contributed by atoms with Crippen molar-refractivity contribution in [3.05, 3.63) is 34.6 Å². The lowest BCUT2D eigenvalue weighted by Crippen LogP contribution is -2.45. The van der Waals surface area contributed by atoms with Crippen LogP contribution in [0.4, 0.5) is 4.39 Å². The monoisotopic (exact) mass is 320 g/mol. The van der Waals surface area contributed by atoms with Crippen LogP contribution in [0.15, 0.2) is 18.2 Å². The third-order valence-corrected chi connectivity index (χ3v) is 4.06. The summed E-state index contributed by atoms with van der Waals surface area (Å²) in [6.45, 7) is 6.07. The highest BCUT2D eigenvalue weighted by atomic mass is 35.5. The maximum Gasteiger partial charge on any atom is 0.146 e. The van der Waals surface area contributed by atoms with Crippen molar-refractivity contribution >= 4 is 24.0 Å². The lowest BCUT2D eigenvalue weighted by atomic mass is 9.98. The second kappa shape index (κ2) is 8.83. The first-order chi connectivity index (χ1) is 9.24. The topological polar surface area (TPSA) is 15.3 Å². The summed E-state index contributed by atoms with van der Waals surface area (Å²) in [5, 5.41) is 3.57. The van der Waals surface area contributed by atoms with E-state index in [1.807, 2.05) is 12.1 Å². The Hall–Kier alpha value is -0.350. The van der Waals surface area contributed by atoms with E-state index in [0.29, 0.717) is 0 Å². The van der Waals surface area contributed by atoms with Crippen LogP contribution in [-0.4, -0.2) is 31.1 Å². The molecule has 1 aliphatic heterocycles. The molecule has 1 saturated heterocycles. The Morgan fingerprint density at radius 3 is 2.70 bits per heavy atom. The molecule has 0 amide bonds. The molecule has 1 aliphatic rings. The van der Waals surface area contributed by atoms with E-state index in [4.69, 9.17) is 11.6 Å². The molecule has 1 heterocycles. The number of nitrogens with one attached hydrogen (secondary N) is 1. The SMILES string of the molecule is CCCC[C@@H](c1cccc(Cl)c1F)N1CCNCC1.Cl. The molecular formula is C15H23Cl2FN2. The number of nitrogens with zero attached hydrogens (tertiary/aromatic N) is 1. The van der Waals surface area contributed by atoms with E-state index in [0.717, 1.165) is 51.0 Å². The second-order valence-corrected chi connectivity index (χ2v) is 5.49. The number of hydrogen-bond donors (Lipinski definition) is 1. The van der Waals surface area contributed by atoms with Crippen molar-refractivity contribution in [1.29, 1.82) is 0 Å². The van der Waals surface area contributed by atoms with Gasteiger partial charge >= 0.3 is 0 Å². The Bertz CT molecular complexity index is 409. The fourth-order valence-corrected chi connectivity index (χ4v) is 2.89. The molecule has 5 heteroatoms. The zero-order valence-corrected chi connectivity index (χ0v) is 13.4. The van der Waals surface area contributed by atoms with E-state index in [2.05, 4.69) is 17.1 Å². The maximum absolute atomic E-state index is 14.3. The van der Waals surface area contributed by atoms with E-state index in [9.17, 15) is 4.39 Å². The van der Waals surface area contributed by atoms with Crippen molar-refractivity contribution in [1.82, 2.24) is 10.2 Å². The van der Waals surface area contributed by atoms with E-state index >= 15 is 0 Å². The van der Waals surface area contributed by atoms with Crippen molar-refractivity contribution in [2.24, 2.45) is 0 Å². The quantitative estimate of drug-likeness (QED) is 0.880. The van der Waals surface area contributed by atoms with Crippen LogP contribution in [0, 0.1) is 5.82 Å². The van der Waals surface area contributed by atoms with Crippen LogP contribution in [0.1, 0.15) is 37.8 Å². The zero-order chi connectivity index (χ0) is 13.7. The molecule has 0 bridgehead atoms. The smallest absolute Gasteiger partial charge is 0.146 e. The molecule has 2 nitrogen and oxygen atoms in total. The highest BCUT2D eigenvalue weighted by Crippen LogP contribution is 2.31. The number of halogens is 3. The number of hydrogen-bond acceptors (Lipinski definition) is 2. The summed E-state index contributed by atoms with van der Waals surface area (Å²) in [7, 11) is 0. The van der Waals surface area contributed by atoms with Crippen LogP contribution in [-0.2, 0) is 0 Å². The molecule has 1 fully saturated rings. The van der Waals surface area contributed by atoms with Crippen LogP contribution in [0.25, 0.3) is 0 Å². The highest BCUT2D eigenvalue weighted by molar-refractivity contribution is 6.30. The van der Waals surface area contributed by atoms with Gasteiger partial charge in [0.1, 0.15) is 5.82 Å². The minimum absolute atomic E-state index is 0. The zero-order valence-electron chi connectivity index (χ0n) is 11.9. The van der Waals surface area contributed by atoms with E-state index in [-0.39, 0.29) is 29.3 Å². The Morgan fingerprint density at radius 1 is 1.35 bits per heavy atom. The minimum atomic E-state index is -0.246. The number of piperazine rings is 1. The minimum Gasteiger partial charge on any atom is -0.314 e. The first kappa shape index (κ1) is 17.7. The summed E-state index contributed by atoms with van der Waals surface area (Å²) in [6, 6.07) is 5.50. The van der Waals surface area contributed by atoms with Crippen LogP contribution in [0.3, 0.4) is 0 Å². The van der Waals surface area contributed by atoms with Gasteiger partial charge in [0.2, 0.25) is 0 Å². The predicted molar refractivity (Wildman–Crippen MR) is 85.4 cm³/mol. The van der Waals surface area contributed by atoms with E-state index in [1.54, 1.807) is 6.07 Å². The summed E-state index contributed by atoms with van der Waals surface area (Å²) in [4.78, 5) is 2.38. The molecule has 0 spiro atoms. The maximum atomic E-state index is 14.3. The molecule has 0 unspecified atom stereocenters. The lowest BCUT2D eigenvalue weighted by molar-refractivity contribution is 0.160. The third kappa shape index (κ3) is 4.32. The number of rotatable bonds is 5. The Morgan fingerprint density at radius 2 is 2.05 bits per heavy atom. The largest absolute Gasteiger partial charge is 0.314 e. The molecule has 114 valence electrons. The van der Waals surface area contributed by atoms with Gasteiger partial charge in [-0.05, 0) is 12.5 Å². The van der Waals surface area contributed by atoms with Gasteiger partial charge in [0.15, 0.2) is 0 Å². The van der Waals surface area contributed by atoms with Gasteiger partial charge in [-0.2, -0.15) is 0 Å². The van der Waals surface area contributed by atoms with Crippen molar-refractivity contribution < 1.29 is 4.39 Å². The summed E-state index contributed by atoms with van der Waals surface area (Å²) in [5.74, 6) is -0.246. The van der Waals surface area contributed by atoms with Gasteiger partial charge < -0.3 is 5.32 Å². The summed E-state index contributed by atoms with van der Waals surface area (Å²) >= 11 is 5.93. The normalized spacial score (nSPS) is 17.6. The molecule has 0 aromatic heterocycles. The van der Waals surface area contributed by atoms with Gasteiger partial charge in [-0.25, -0.2) is 4.39 Å². The Balaban J connectivity index is 0.00000200. The van der Waals surface area contributed by atoms with Gasteiger partial charge in [-0.1, -0.05) is 43.5 Å². The number of unbranched alkanes of at least 4 members (excludes halogenated alkanes) is 1. The van der Waals surface area contributed by atoms with Gasteiger partial charge in [0.25, 0.3) is 0 Å². The van der Waals surface area contributed by atoms with Gasteiger partial charge in [-0.3, -0.25) is 4.90 Å². The van der Waals surface area contributed by atoms with Crippen molar-refractivity contribution in [3.63, 3.8) is 0 Å². The molecule has 0 radical (unpaired) electrons. The van der Waals surface area contributed by atoms with Crippen LogP contribution < -0.4 is 5.32 Å². The second-order valence-electron chi connectivity index (χ2n) is 5.09. The van der Waals surface area contributed by atoms with Gasteiger partial charge in [0.05, 0.1) is 5.02 Å². The molecular weight excluding hydrogens is 298 g/mol. The molecule has 1 N–H and O–H groups in total. The molecule has 0 saturated carbocycles. The molecule has 1 aromatic carbocycles. The van der Waals surface area contributed by atoms with Crippen LogP contribution >= 0.6 is 24.0 Å². The molecule has 2 rings (SSSR count). The fourth-order valence-electron chi connectivity index (χ4n) is 2.70. The standard InChI is InChI=1S/C15H22ClFN2.ClH/c1-2-3-7-14(19-10-8-18-9-11-19)12-5-4-6-13(16)15(12)17;/h4-6,14,18H,2-3,7-11H2,1H3;1H/t14-;/m0./s1. The van der Waals surface area contributed by atoms with Crippen molar-refractivity contribution in [2.45, 2.75) is 32.2 Å². The summed E-state index contributed by atoms with van der Waals surface area (Å²) < 4.78 is 14.3. The van der Waals surface area contributed by atoms with Crippen molar-refractivity contribution in [2.75, 3.05) is 26.2 Å². The average Bonchev–Trinajstić information content (AvgIpc) is 2.45. The van der Waals surface area contributed by atoms with Gasteiger partial charge in [0, 0.05) is 37.8 Å². The van der Waals surface area contributed by atoms with E-state index < -0.39 is 0 Å². The molecule has 1 aromatic rings. The molecule has 0 aliphatic carbocycles. The average molecular weight is 321 g/mol. The Kier molecular flexibility index (Phi) is 7.82. The summed E-state index contributed by atoms with van der Waals surface area (Å²) in [6.07, 6.45) is 3.24. The fraction of sp³-hybridized carbons (Fsp3) is 0.600. The van der Waals surface area contributed by atoms with E-state index in [1.165, 1.54) is 0 Å². The summed E-state index contributed by atoms with van der Waals surface area (Å²) in [5.41, 5.74) is 0.753. The van der Waals surface area contributed by atoms with Crippen LogP contribution in [0.5, 0.6) is 0 Å². The first-order valence-corrected chi connectivity index (χ1v) is 7.50. The first-order valence-electron chi connectivity index (χ1n) is 7.12. The molecule has 20 heavy (non-hydrogen) atoms. The van der Waals surface area contributed by atoms with Crippen molar-refractivity contribution in [3.8, 4) is 0 Å². The highest BCUT2D eigenvalue weighted by Gasteiger charge is 2.24. The lowest BCUT2D eigenvalue weighted by Gasteiger charge is -2.35. The van der Waals surface area contributed by atoms with Crippen LogP contribution in [0.2, 0.25) is 5.02 Å². The third-order valence-electron chi connectivity index (χ3n) is 3.76.